The first-order valence-corrected chi connectivity index (χ1v) is 12.7. The number of pyridine rings is 1. The number of anilines is 3. The van der Waals surface area contributed by atoms with Gasteiger partial charge in [0.15, 0.2) is 0 Å². The van der Waals surface area contributed by atoms with E-state index in [4.69, 9.17) is 4.98 Å². The molecule has 2 aliphatic heterocycles. The molecule has 8 rings (SSSR count). The summed E-state index contributed by atoms with van der Waals surface area (Å²) in [4.78, 5) is 7.45. The molecule has 2 nitrogen and oxygen atoms in total. The summed E-state index contributed by atoms with van der Waals surface area (Å²) in [6.07, 6.45) is 1.93. The van der Waals surface area contributed by atoms with Gasteiger partial charge < -0.3 is 0 Å². The molecule has 172 valence electrons. The van der Waals surface area contributed by atoms with Gasteiger partial charge in [-0.25, -0.2) is 4.98 Å². The summed E-state index contributed by atoms with van der Waals surface area (Å²) in [7, 11) is 0. The Morgan fingerprint density at radius 3 is 2.00 bits per heavy atom. The molecule has 0 unspecified atom stereocenters. The topological polar surface area (TPSA) is 16.1 Å². The monoisotopic (exact) mass is 462 g/mol. The van der Waals surface area contributed by atoms with Gasteiger partial charge >= 0.3 is 0 Å². The Labute approximate surface area is 211 Å². The molecule has 0 saturated carbocycles. The van der Waals surface area contributed by atoms with Crippen LogP contribution in [-0.2, 0) is 10.8 Å². The van der Waals surface area contributed by atoms with Crippen molar-refractivity contribution in [3.05, 3.63) is 142 Å². The average Bonchev–Trinajstić information content (AvgIpc) is 3.19. The van der Waals surface area contributed by atoms with Crippen molar-refractivity contribution in [2.45, 2.75) is 31.6 Å². The standard InChI is InChI=1S/C34H26N2/c1-21-17-18-26-30(20-21)36-31-27(33(2,3)29-16-9-19-35-32(29)36)14-8-15-28(31)34(26)24-12-6-4-10-22(24)23-11-5-7-13-25(23)34/h4-20H,1-3H3. The highest BCUT2D eigenvalue weighted by molar-refractivity contribution is 5.98. The molecule has 1 spiro atoms. The van der Waals surface area contributed by atoms with Crippen LogP contribution in [-0.4, -0.2) is 4.98 Å². The summed E-state index contributed by atoms with van der Waals surface area (Å²) in [6.45, 7) is 6.88. The lowest BCUT2D eigenvalue weighted by molar-refractivity contribution is 0.617. The maximum Gasteiger partial charge on any atom is 0.141 e. The van der Waals surface area contributed by atoms with Gasteiger partial charge in [0.05, 0.1) is 16.8 Å². The SMILES string of the molecule is Cc1ccc2c(c1)N1c3ncccc3C(C)(C)c3cccc(c31)C21c2ccccc2-c2ccccc21. The summed E-state index contributed by atoms with van der Waals surface area (Å²) < 4.78 is 0. The Bertz CT molecular complexity index is 1700. The molecule has 5 aromatic rings. The van der Waals surface area contributed by atoms with Crippen molar-refractivity contribution in [2.24, 2.45) is 0 Å². The molecule has 3 heterocycles. The molecule has 0 saturated heterocycles. The van der Waals surface area contributed by atoms with Gasteiger partial charge in [-0.05, 0) is 63.6 Å². The van der Waals surface area contributed by atoms with Crippen LogP contribution < -0.4 is 4.90 Å². The van der Waals surface area contributed by atoms with Crippen molar-refractivity contribution in [1.29, 1.82) is 0 Å². The van der Waals surface area contributed by atoms with Crippen molar-refractivity contribution >= 4 is 17.2 Å². The molecule has 0 bridgehead atoms. The van der Waals surface area contributed by atoms with Crippen LogP contribution in [0.1, 0.15) is 52.8 Å². The van der Waals surface area contributed by atoms with E-state index in [1.165, 1.54) is 61.4 Å². The molecule has 4 aromatic carbocycles. The van der Waals surface area contributed by atoms with Gasteiger partial charge in [0.2, 0.25) is 0 Å². The summed E-state index contributed by atoms with van der Waals surface area (Å²) >= 11 is 0. The molecular formula is C34H26N2. The summed E-state index contributed by atoms with van der Waals surface area (Å²) in [6, 6.07) is 36.3. The predicted molar refractivity (Wildman–Crippen MR) is 147 cm³/mol. The molecule has 0 fully saturated rings. The molecule has 1 aliphatic carbocycles. The van der Waals surface area contributed by atoms with Gasteiger partial charge in [-0.15, -0.1) is 0 Å². The van der Waals surface area contributed by atoms with Crippen LogP contribution in [0.3, 0.4) is 0 Å². The fraction of sp³-hybridized carbons (Fsp3) is 0.147. The van der Waals surface area contributed by atoms with Crippen LogP contribution >= 0.6 is 0 Å². The summed E-state index contributed by atoms with van der Waals surface area (Å²) in [5.74, 6) is 1.05. The van der Waals surface area contributed by atoms with Crippen LogP contribution in [0.4, 0.5) is 17.2 Å². The smallest absolute Gasteiger partial charge is 0.141 e. The Kier molecular flexibility index (Phi) is 3.64. The van der Waals surface area contributed by atoms with E-state index in [-0.39, 0.29) is 10.8 Å². The molecular weight excluding hydrogens is 436 g/mol. The van der Waals surface area contributed by atoms with E-state index in [2.05, 4.69) is 123 Å². The van der Waals surface area contributed by atoms with E-state index in [0.717, 1.165) is 5.82 Å². The second-order valence-corrected chi connectivity index (χ2v) is 10.9. The average molecular weight is 463 g/mol. The van der Waals surface area contributed by atoms with Gasteiger partial charge in [0, 0.05) is 17.2 Å². The Balaban J connectivity index is 1.62. The van der Waals surface area contributed by atoms with Crippen molar-refractivity contribution in [1.82, 2.24) is 4.98 Å². The third-order valence-corrected chi connectivity index (χ3v) is 8.76. The normalized spacial score (nSPS) is 16.6. The molecule has 36 heavy (non-hydrogen) atoms. The fourth-order valence-electron chi connectivity index (χ4n) is 7.24. The van der Waals surface area contributed by atoms with Crippen LogP contribution in [0.5, 0.6) is 0 Å². The van der Waals surface area contributed by atoms with Crippen LogP contribution in [0.25, 0.3) is 11.1 Å². The minimum absolute atomic E-state index is 0.161. The van der Waals surface area contributed by atoms with Crippen LogP contribution in [0.15, 0.2) is 103 Å². The first-order valence-electron chi connectivity index (χ1n) is 12.7. The summed E-state index contributed by atoms with van der Waals surface area (Å²) in [5.41, 5.74) is 13.9. The van der Waals surface area contributed by atoms with E-state index in [9.17, 15) is 0 Å². The van der Waals surface area contributed by atoms with E-state index < -0.39 is 0 Å². The highest BCUT2D eigenvalue weighted by Gasteiger charge is 2.54. The third-order valence-electron chi connectivity index (χ3n) is 8.76. The minimum atomic E-state index is -0.375. The maximum absolute atomic E-state index is 5.00. The zero-order valence-electron chi connectivity index (χ0n) is 20.7. The fourth-order valence-corrected chi connectivity index (χ4v) is 7.24. The quantitative estimate of drug-likeness (QED) is 0.226. The van der Waals surface area contributed by atoms with E-state index >= 15 is 0 Å². The van der Waals surface area contributed by atoms with Crippen LogP contribution in [0, 0.1) is 6.92 Å². The molecule has 0 atom stereocenters. The molecule has 0 amide bonds. The number of rotatable bonds is 0. The zero-order valence-corrected chi connectivity index (χ0v) is 20.7. The number of aryl methyl sites for hydroxylation is 1. The third kappa shape index (κ3) is 2.13. The molecule has 0 radical (unpaired) electrons. The number of fused-ring (bicyclic) bond motifs is 11. The predicted octanol–water partition coefficient (Wildman–Crippen LogP) is 8.18. The van der Waals surface area contributed by atoms with Gasteiger partial charge in [-0.1, -0.05) is 98.8 Å². The number of hydrogen-bond donors (Lipinski definition) is 0. The number of para-hydroxylation sites is 1. The minimum Gasteiger partial charge on any atom is -0.294 e. The van der Waals surface area contributed by atoms with Crippen molar-refractivity contribution < 1.29 is 0 Å². The van der Waals surface area contributed by atoms with Crippen molar-refractivity contribution in [3.8, 4) is 11.1 Å². The van der Waals surface area contributed by atoms with Crippen molar-refractivity contribution in [2.75, 3.05) is 4.90 Å². The number of aromatic nitrogens is 1. The Morgan fingerprint density at radius 1 is 0.611 bits per heavy atom. The number of nitrogens with zero attached hydrogens (tertiary/aromatic N) is 2. The first kappa shape index (κ1) is 20.1. The molecule has 2 heteroatoms. The van der Waals surface area contributed by atoms with Gasteiger partial charge in [-0.3, -0.25) is 4.90 Å². The van der Waals surface area contributed by atoms with Gasteiger partial charge in [-0.2, -0.15) is 0 Å². The second-order valence-electron chi connectivity index (χ2n) is 10.9. The van der Waals surface area contributed by atoms with Crippen molar-refractivity contribution in [3.63, 3.8) is 0 Å². The highest BCUT2D eigenvalue weighted by Crippen LogP contribution is 2.66. The molecule has 3 aliphatic rings. The lowest BCUT2D eigenvalue weighted by atomic mass is 9.61. The number of benzene rings is 4. The number of hydrogen-bond acceptors (Lipinski definition) is 2. The molecule has 0 N–H and O–H groups in total. The maximum atomic E-state index is 5.00. The largest absolute Gasteiger partial charge is 0.294 e. The lowest BCUT2D eigenvalue weighted by Gasteiger charge is -2.50. The van der Waals surface area contributed by atoms with E-state index in [1.807, 2.05) is 6.20 Å². The van der Waals surface area contributed by atoms with Gasteiger partial charge in [0.1, 0.15) is 5.82 Å². The molecule has 1 aromatic heterocycles. The van der Waals surface area contributed by atoms with Gasteiger partial charge in [0.25, 0.3) is 0 Å². The van der Waals surface area contributed by atoms with Crippen LogP contribution in [0.2, 0.25) is 0 Å². The second kappa shape index (κ2) is 6.53. The Hall–Kier alpha value is -4.17. The van der Waals surface area contributed by atoms with E-state index in [1.54, 1.807) is 0 Å². The zero-order chi connectivity index (χ0) is 24.2. The lowest BCUT2D eigenvalue weighted by Crippen LogP contribution is -2.41. The summed E-state index contributed by atoms with van der Waals surface area (Å²) in [5, 5.41) is 0. The Morgan fingerprint density at radius 2 is 1.25 bits per heavy atom. The van der Waals surface area contributed by atoms with E-state index in [0.29, 0.717) is 0 Å². The first-order chi connectivity index (χ1) is 17.5. The highest BCUT2D eigenvalue weighted by atomic mass is 15.2.